The van der Waals surface area contributed by atoms with Gasteiger partial charge in [-0.3, -0.25) is 9.59 Å². The summed E-state index contributed by atoms with van der Waals surface area (Å²) in [6.07, 6.45) is 6.93. The third-order valence-electron chi connectivity index (χ3n) is 16.8. The summed E-state index contributed by atoms with van der Waals surface area (Å²) in [4.78, 5) is 38.4. The molecule has 23 heteroatoms. The summed E-state index contributed by atoms with van der Waals surface area (Å²) in [5.74, 6) is -6.09. The van der Waals surface area contributed by atoms with Crippen LogP contribution in [0, 0.1) is 0 Å². The summed E-state index contributed by atoms with van der Waals surface area (Å²) >= 11 is 0. The van der Waals surface area contributed by atoms with E-state index in [0.29, 0.717) is 19.3 Å². The Balaban J connectivity index is 1.62. The lowest BCUT2D eigenvalue weighted by atomic mass is 9.88. The van der Waals surface area contributed by atoms with Crippen molar-refractivity contribution in [3.05, 3.63) is 0 Å². The van der Waals surface area contributed by atoms with Crippen LogP contribution in [0.3, 0.4) is 0 Å². The van der Waals surface area contributed by atoms with E-state index in [1.807, 2.05) is 0 Å². The summed E-state index contributed by atoms with van der Waals surface area (Å²) in [5.41, 5.74) is 0. The van der Waals surface area contributed by atoms with Crippen molar-refractivity contribution in [2.45, 2.75) is 342 Å². The number of rotatable bonds is 48. The van der Waals surface area contributed by atoms with Gasteiger partial charge in [-0.15, -0.1) is 0 Å². The molecule has 84 heavy (non-hydrogen) atoms. The molecule has 3 saturated heterocycles. The molecule has 0 aromatic heterocycles. The molecule has 23 nitrogen and oxygen atoms in total. The van der Waals surface area contributed by atoms with Crippen molar-refractivity contribution in [2.24, 2.45) is 0 Å². The number of carboxylic acid groups (broad SMARTS) is 1. The van der Waals surface area contributed by atoms with Crippen molar-refractivity contribution in [2.75, 3.05) is 26.4 Å². The Morgan fingerprint density at radius 3 is 1.49 bits per heavy atom. The fourth-order valence-corrected chi connectivity index (χ4v) is 11.6. The summed E-state index contributed by atoms with van der Waals surface area (Å²) in [7, 11) is 0. The number of carbonyl (C=O) groups excluding carboxylic acids is 2. The highest BCUT2D eigenvalue weighted by Gasteiger charge is 2.60. The first-order valence-corrected chi connectivity index (χ1v) is 32.4. The maximum atomic E-state index is 13.4. The van der Waals surface area contributed by atoms with E-state index >= 15 is 0 Å². The van der Waals surface area contributed by atoms with Crippen LogP contribution in [0.4, 0.5) is 0 Å². The zero-order chi connectivity index (χ0) is 61.9. The van der Waals surface area contributed by atoms with Crippen LogP contribution in [0.2, 0.25) is 0 Å². The second-order valence-corrected chi connectivity index (χ2v) is 24.0. The van der Waals surface area contributed by atoms with Gasteiger partial charge in [0.15, 0.2) is 12.6 Å². The number of carbonyl (C=O) groups is 3. The van der Waals surface area contributed by atoms with Gasteiger partial charge in [-0.2, -0.15) is 0 Å². The number of ether oxygens (including phenoxy) is 6. The van der Waals surface area contributed by atoms with Gasteiger partial charge in [-0.05, 0) is 12.8 Å². The summed E-state index contributed by atoms with van der Waals surface area (Å²) in [6.45, 7) is 2.19. The van der Waals surface area contributed by atoms with Gasteiger partial charge < -0.3 is 100 Å². The van der Waals surface area contributed by atoms with Gasteiger partial charge in [0.2, 0.25) is 11.8 Å². The Labute approximate surface area is 499 Å². The molecule has 3 rings (SSSR count). The molecule has 3 fully saturated rings. The van der Waals surface area contributed by atoms with Crippen molar-refractivity contribution in [1.82, 2.24) is 10.6 Å². The van der Waals surface area contributed by atoms with Gasteiger partial charge in [0, 0.05) is 19.8 Å². The highest BCUT2D eigenvalue weighted by atomic mass is 16.8. The molecular weight excluding hydrogens is 1100 g/mol. The van der Waals surface area contributed by atoms with Crippen LogP contribution in [-0.4, -0.2) is 215 Å². The van der Waals surface area contributed by atoms with E-state index in [9.17, 15) is 75.7 Å². The molecule has 14 N–H and O–H groups in total. The monoisotopic (exact) mass is 1210 g/mol. The van der Waals surface area contributed by atoms with Crippen LogP contribution in [0.25, 0.3) is 0 Å². The van der Waals surface area contributed by atoms with Gasteiger partial charge in [-0.1, -0.05) is 200 Å². The number of unbranched alkanes of at least 4 members (excludes halogenated alkanes) is 28. The van der Waals surface area contributed by atoms with E-state index in [2.05, 4.69) is 24.5 Å². The quantitative estimate of drug-likeness (QED) is 0.0380. The fourth-order valence-electron chi connectivity index (χ4n) is 11.6. The van der Waals surface area contributed by atoms with Crippen molar-refractivity contribution >= 4 is 17.8 Å². The number of carboxylic acids is 1. The predicted octanol–water partition coefficient (Wildman–Crippen LogP) is 4.17. The van der Waals surface area contributed by atoms with E-state index in [1.165, 1.54) is 135 Å². The van der Waals surface area contributed by atoms with E-state index < -0.39 is 148 Å². The molecule has 0 aromatic rings. The van der Waals surface area contributed by atoms with Crippen molar-refractivity contribution in [1.29, 1.82) is 0 Å². The number of hydrogen-bond acceptors (Lipinski definition) is 20. The molecule has 494 valence electrons. The molecule has 3 heterocycles. The van der Waals surface area contributed by atoms with E-state index in [0.717, 1.165) is 51.9 Å². The highest BCUT2D eigenvalue weighted by Crippen LogP contribution is 2.38. The lowest BCUT2D eigenvalue weighted by Gasteiger charge is -2.50. The average molecular weight is 1210 g/mol. The molecular formula is C61H114N2O21. The molecule has 0 radical (unpaired) electrons. The molecule has 2 amide bonds. The lowest BCUT2D eigenvalue weighted by molar-refractivity contribution is -0.386. The first-order valence-electron chi connectivity index (χ1n) is 32.4. The Kier molecular flexibility index (Phi) is 39.3. The molecule has 3 aliphatic rings. The van der Waals surface area contributed by atoms with Gasteiger partial charge in [0.1, 0.15) is 67.1 Å². The molecule has 0 aliphatic carbocycles. The molecule has 0 aromatic carbocycles. The summed E-state index contributed by atoms with van der Waals surface area (Å²) in [6, 6.07) is -2.52. The van der Waals surface area contributed by atoms with E-state index in [-0.39, 0.29) is 18.9 Å². The smallest absolute Gasteiger partial charge is 0.364 e. The minimum absolute atomic E-state index is 0.229. The Morgan fingerprint density at radius 1 is 0.571 bits per heavy atom. The van der Waals surface area contributed by atoms with Crippen LogP contribution in [0.5, 0.6) is 0 Å². The zero-order valence-corrected chi connectivity index (χ0v) is 51.0. The Bertz CT molecular complexity index is 1720. The van der Waals surface area contributed by atoms with E-state index in [4.69, 9.17) is 28.4 Å². The molecule has 0 bridgehead atoms. The van der Waals surface area contributed by atoms with Crippen LogP contribution in [0.15, 0.2) is 0 Å². The first kappa shape index (κ1) is 76.0. The lowest BCUT2D eigenvalue weighted by Crippen LogP contribution is -2.70. The SMILES string of the molecule is CCCCCCCCCCCCCCCCCCCCC(=O)NC(COC1OC(CO)C(OC2OC(CO)C(O)C(OC3(C(=O)O)CC(O)C(NC(C)=O)C(C(O)C(O)CO)O3)C2O)C(O)C1O)C(O)CCCCCCCCCCCCCC. The highest BCUT2D eigenvalue weighted by molar-refractivity contribution is 5.77. The largest absolute Gasteiger partial charge is 0.477 e. The minimum Gasteiger partial charge on any atom is -0.477 e. The van der Waals surface area contributed by atoms with E-state index in [1.54, 1.807) is 0 Å². The maximum absolute atomic E-state index is 13.4. The van der Waals surface area contributed by atoms with Crippen molar-refractivity contribution in [3.63, 3.8) is 0 Å². The number of aliphatic hydroxyl groups is 11. The number of hydrogen-bond donors (Lipinski definition) is 14. The standard InChI is InChI=1S/C61H114N2O21/c1-4-6-8-10-12-14-16-18-19-20-21-22-23-25-27-29-31-33-35-48(71)63-42(43(68)34-32-30-28-26-24-17-15-13-11-9-7-5-2)40-79-58-53(75)52(74)55(47(39-66)81-58)82-59-54(76)57(51(73)46(38-65)80-59)84-61(60(77)78)36-44(69)49(62-41(3)67)56(83-61)50(72)45(70)37-64/h42-47,49-59,64-66,68-70,72-76H,4-40H2,1-3H3,(H,62,67)(H,63,71)(H,77,78). The number of nitrogens with one attached hydrogen (secondary N) is 2. The minimum atomic E-state index is -3.08. The summed E-state index contributed by atoms with van der Waals surface area (Å²) < 4.78 is 34.8. The fraction of sp³-hybridized carbons (Fsp3) is 0.951. The second kappa shape index (κ2) is 43.4. The van der Waals surface area contributed by atoms with Crippen LogP contribution in [-0.2, 0) is 42.8 Å². The molecule has 18 atom stereocenters. The zero-order valence-electron chi connectivity index (χ0n) is 51.0. The Morgan fingerprint density at radius 2 is 1.04 bits per heavy atom. The summed E-state index contributed by atoms with van der Waals surface area (Å²) in [5, 5.41) is 136. The maximum Gasteiger partial charge on any atom is 0.364 e. The number of aliphatic hydroxyl groups excluding tert-OH is 11. The molecule has 18 unspecified atom stereocenters. The first-order chi connectivity index (χ1) is 40.4. The molecule has 0 spiro atoms. The van der Waals surface area contributed by atoms with Gasteiger partial charge in [0.05, 0.1) is 50.7 Å². The molecule has 0 saturated carbocycles. The van der Waals surface area contributed by atoms with Gasteiger partial charge in [-0.25, -0.2) is 4.79 Å². The predicted molar refractivity (Wildman–Crippen MR) is 311 cm³/mol. The average Bonchev–Trinajstić information content (AvgIpc) is 3.65. The Hall–Kier alpha value is -2.27. The van der Waals surface area contributed by atoms with Crippen LogP contribution >= 0.6 is 0 Å². The number of amides is 2. The number of aliphatic carboxylic acids is 1. The van der Waals surface area contributed by atoms with Gasteiger partial charge in [0.25, 0.3) is 5.79 Å². The van der Waals surface area contributed by atoms with Gasteiger partial charge >= 0.3 is 5.97 Å². The van der Waals surface area contributed by atoms with Crippen molar-refractivity contribution < 1.29 is 104 Å². The normalized spacial score (nSPS) is 29.7. The second-order valence-electron chi connectivity index (χ2n) is 24.0. The third kappa shape index (κ3) is 26.8. The topological polar surface area (TPSA) is 373 Å². The van der Waals surface area contributed by atoms with Crippen LogP contribution in [0.1, 0.15) is 233 Å². The molecule has 3 aliphatic heterocycles. The van der Waals surface area contributed by atoms with Crippen molar-refractivity contribution in [3.8, 4) is 0 Å². The van der Waals surface area contributed by atoms with Crippen LogP contribution < -0.4 is 10.6 Å². The third-order valence-corrected chi connectivity index (χ3v) is 16.8.